The van der Waals surface area contributed by atoms with E-state index in [1.165, 1.54) is 18.6 Å². The highest BCUT2D eigenvalue weighted by atomic mass is 16.3. The fraction of sp³-hybridized carbons (Fsp3) is 0.350. The zero-order valence-electron chi connectivity index (χ0n) is 16.7. The molecule has 5 rings (SSSR count). The van der Waals surface area contributed by atoms with Crippen molar-refractivity contribution in [3.05, 3.63) is 47.9 Å². The van der Waals surface area contributed by atoms with Gasteiger partial charge >= 0.3 is 0 Å². The SMILES string of the molecule is Cc1nc(N2C[C@@H]3C[C@@H]3C2=O)ncc1[C@@H](CO)n1cc(-c2nccnc2C(N)=O)cn1. The molecule has 3 atom stereocenters. The van der Waals surface area contributed by atoms with Crippen LogP contribution in [0, 0.1) is 18.8 Å². The molecule has 4 heterocycles. The highest BCUT2D eigenvalue weighted by Gasteiger charge is 2.53. The van der Waals surface area contributed by atoms with E-state index in [0.717, 1.165) is 6.42 Å². The number of fused-ring (bicyclic) bond motifs is 1. The number of nitrogens with zero attached hydrogens (tertiary/aromatic N) is 7. The number of carbonyl (C=O) groups excluding carboxylic acids is 2. The van der Waals surface area contributed by atoms with Gasteiger partial charge in [0.2, 0.25) is 11.9 Å². The maximum atomic E-state index is 12.3. The van der Waals surface area contributed by atoms with E-state index in [4.69, 9.17) is 5.73 Å². The number of piperidine rings is 1. The van der Waals surface area contributed by atoms with E-state index < -0.39 is 11.9 Å². The molecule has 0 unspecified atom stereocenters. The van der Waals surface area contributed by atoms with Crippen molar-refractivity contribution in [2.24, 2.45) is 17.6 Å². The van der Waals surface area contributed by atoms with Crippen LogP contribution in [0.2, 0.25) is 0 Å². The van der Waals surface area contributed by atoms with Crippen LogP contribution in [0.4, 0.5) is 5.95 Å². The maximum Gasteiger partial charge on any atom is 0.269 e. The smallest absolute Gasteiger partial charge is 0.269 e. The molecule has 2 aliphatic rings. The summed E-state index contributed by atoms with van der Waals surface area (Å²) in [7, 11) is 0. The molecule has 0 spiro atoms. The molecule has 2 fully saturated rings. The highest BCUT2D eigenvalue weighted by molar-refractivity contribution is 5.98. The zero-order chi connectivity index (χ0) is 21.7. The Balaban J connectivity index is 1.44. The van der Waals surface area contributed by atoms with Crippen molar-refractivity contribution in [1.29, 1.82) is 0 Å². The highest BCUT2D eigenvalue weighted by Crippen LogP contribution is 2.46. The Morgan fingerprint density at radius 1 is 1.29 bits per heavy atom. The summed E-state index contributed by atoms with van der Waals surface area (Å²) in [5, 5.41) is 14.4. The predicted octanol–water partition coefficient (Wildman–Crippen LogP) is 0.102. The summed E-state index contributed by atoms with van der Waals surface area (Å²) in [4.78, 5) is 42.7. The van der Waals surface area contributed by atoms with Crippen molar-refractivity contribution in [3.8, 4) is 11.3 Å². The normalized spacial score (nSPS) is 20.6. The minimum atomic E-state index is -0.691. The van der Waals surface area contributed by atoms with Crippen molar-refractivity contribution < 1.29 is 14.7 Å². The standard InChI is InChI=1S/C20H20N8O3/c1-10-14(6-24-20(26-10)27-7-11-4-13(11)19(27)31)15(9-29)28-8-12(5-25-28)16-17(18(21)30)23-3-2-22-16/h2-3,5-6,8,11,13,15,29H,4,7,9H2,1H3,(H2,21,30)/t11-,13-,15+/m0/s1. The first kappa shape index (κ1) is 19.2. The number of hydrogen-bond donors (Lipinski definition) is 2. The number of primary amides is 1. The summed E-state index contributed by atoms with van der Waals surface area (Å²) < 4.78 is 1.55. The topological polar surface area (TPSA) is 153 Å². The van der Waals surface area contributed by atoms with Gasteiger partial charge in [0.15, 0.2) is 5.69 Å². The molecule has 11 nitrogen and oxygen atoms in total. The lowest BCUT2D eigenvalue weighted by atomic mass is 10.1. The van der Waals surface area contributed by atoms with E-state index in [1.807, 2.05) is 6.92 Å². The number of aryl methyl sites for hydroxylation is 1. The van der Waals surface area contributed by atoms with Crippen LogP contribution in [-0.4, -0.2) is 59.8 Å². The first-order valence-electron chi connectivity index (χ1n) is 9.89. The number of aromatic nitrogens is 6. The van der Waals surface area contributed by atoms with Crippen LogP contribution in [0.5, 0.6) is 0 Å². The molecule has 3 N–H and O–H groups in total. The van der Waals surface area contributed by atoms with Gasteiger partial charge in [-0.1, -0.05) is 0 Å². The lowest BCUT2D eigenvalue weighted by Crippen LogP contribution is -2.30. The Bertz CT molecular complexity index is 1190. The minimum Gasteiger partial charge on any atom is -0.394 e. The van der Waals surface area contributed by atoms with Crippen molar-refractivity contribution in [2.75, 3.05) is 18.1 Å². The number of hydrogen-bond acceptors (Lipinski definition) is 8. The number of aliphatic hydroxyl groups is 1. The monoisotopic (exact) mass is 420 g/mol. The molecule has 1 saturated heterocycles. The van der Waals surface area contributed by atoms with Gasteiger partial charge in [-0.05, 0) is 19.3 Å². The third-order valence-electron chi connectivity index (χ3n) is 5.83. The van der Waals surface area contributed by atoms with E-state index in [0.29, 0.717) is 40.9 Å². The van der Waals surface area contributed by atoms with Crippen LogP contribution in [0.3, 0.4) is 0 Å². The fourth-order valence-electron chi connectivity index (χ4n) is 4.06. The van der Waals surface area contributed by atoms with Gasteiger partial charge in [0.25, 0.3) is 5.91 Å². The van der Waals surface area contributed by atoms with Gasteiger partial charge in [-0.3, -0.25) is 24.2 Å². The number of aliphatic hydroxyl groups excluding tert-OH is 1. The maximum absolute atomic E-state index is 12.3. The lowest BCUT2D eigenvalue weighted by molar-refractivity contribution is -0.118. The Morgan fingerprint density at radius 2 is 2.10 bits per heavy atom. The van der Waals surface area contributed by atoms with Crippen LogP contribution < -0.4 is 10.6 Å². The largest absolute Gasteiger partial charge is 0.394 e. The number of amides is 2. The van der Waals surface area contributed by atoms with Crippen LogP contribution in [0.15, 0.2) is 31.0 Å². The van der Waals surface area contributed by atoms with E-state index in [9.17, 15) is 14.7 Å². The molecular weight excluding hydrogens is 400 g/mol. The molecular formula is C20H20N8O3. The summed E-state index contributed by atoms with van der Waals surface area (Å²) in [5.41, 5.74) is 7.60. The molecule has 1 aliphatic heterocycles. The van der Waals surface area contributed by atoms with Crippen LogP contribution in [0.1, 0.15) is 34.2 Å². The zero-order valence-corrected chi connectivity index (χ0v) is 16.7. The molecule has 158 valence electrons. The van der Waals surface area contributed by atoms with Crippen LogP contribution in [0.25, 0.3) is 11.3 Å². The van der Waals surface area contributed by atoms with Gasteiger partial charge in [-0.15, -0.1) is 0 Å². The molecule has 3 aromatic heterocycles. The second-order valence-electron chi connectivity index (χ2n) is 7.79. The first-order valence-corrected chi connectivity index (χ1v) is 9.89. The fourth-order valence-corrected chi connectivity index (χ4v) is 4.06. The average molecular weight is 420 g/mol. The summed E-state index contributed by atoms with van der Waals surface area (Å²) in [5.74, 6) is 0.338. The average Bonchev–Trinajstić information content (AvgIpc) is 3.24. The van der Waals surface area contributed by atoms with Gasteiger partial charge in [0, 0.05) is 54.1 Å². The number of anilines is 1. The summed E-state index contributed by atoms with van der Waals surface area (Å²) in [6.45, 7) is 2.22. The number of rotatable bonds is 6. The Hall–Kier alpha value is -3.73. The molecule has 1 saturated carbocycles. The third-order valence-corrected chi connectivity index (χ3v) is 5.83. The van der Waals surface area contributed by atoms with E-state index in [-0.39, 0.29) is 24.1 Å². The lowest BCUT2D eigenvalue weighted by Gasteiger charge is -2.20. The first-order chi connectivity index (χ1) is 15.0. The third kappa shape index (κ3) is 3.22. The van der Waals surface area contributed by atoms with Crippen molar-refractivity contribution in [2.45, 2.75) is 19.4 Å². The number of nitrogens with two attached hydrogens (primary N) is 1. The second-order valence-corrected chi connectivity index (χ2v) is 7.79. The molecule has 1 aliphatic carbocycles. The Morgan fingerprint density at radius 3 is 2.77 bits per heavy atom. The van der Waals surface area contributed by atoms with Crippen molar-refractivity contribution in [1.82, 2.24) is 29.7 Å². The molecule has 2 amide bonds. The van der Waals surface area contributed by atoms with Gasteiger partial charge < -0.3 is 10.8 Å². The second kappa shape index (κ2) is 7.20. The molecule has 0 bridgehead atoms. The molecule has 0 aromatic carbocycles. The quantitative estimate of drug-likeness (QED) is 0.569. The van der Waals surface area contributed by atoms with Crippen LogP contribution >= 0.6 is 0 Å². The van der Waals surface area contributed by atoms with Crippen molar-refractivity contribution in [3.63, 3.8) is 0 Å². The predicted molar refractivity (Wildman–Crippen MR) is 108 cm³/mol. The van der Waals surface area contributed by atoms with Gasteiger partial charge in [0.05, 0.1) is 12.8 Å². The molecule has 3 aromatic rings. The van der Waals surface area contributed by atoms with E-state index >= 15 is 0 Å². The Kier molecular flexibility index (Phi) is 4.47. The van der Waals surface area contributed by atoms with Crippen molar-refractivity contribution >= 4 is 17.8 Å². The molecule has 31 heavy (non-hydrogen) atoms. The summed E-state index contributed by atoms with van der Waals surface area (Å²) in [6.07, 6.45) is 8.61. The summed E-state index contributed by atoms with van der Waals surface area (Å²) in [6, 6.07) is -0.556. The Labute approximate surface area is 177 Å². The van der Waals surface area contributed by atoms with E-state index in [1.54, 1.807) is 22.0 Å². The van der Waals surface area contributed by atoms with E-state index in [2.05, 4.69) is 25.0 Å². The van der Waals surface area contributed by atoms with Gasteiger partial charge in [-0.2, -0.15) is 5.10 Å². The molecule has 11 heteroatoms. The summed E-state index contributed by atoms with van der Waals surface area (Å²) >= 11 is 0. The number of carbonyl (C=O) groups is 2. The molecule has 0 radical (unpaired) electrons. The van der Waals surface area contributed by atoms with Gasteiger partial charge in [-0.25, -0.2) is 15.0 Å². The van der Waals surface area contributed by atoms with Gasteiger partial charge in [0.1, 0.15) is 11.7 Å². The minimum absolute atomic E-state index is 0.0415. The van der Waals surface area contributed by atoms with Crippen LogP contribution in [-0.2, 0) is 4.79 Å².